The summed E-state index contributed by atoms with van der Waals surface area (Å²) in [4.78, 5) is 15.5. The molecule has 3 N–H and O–H groups in total. The van der Waals surface area contributed by atoms with Gasteiger partial charge in [-0.05, 0) is 23.6 Å². The maximum Gasteiger partial charge on any atom is 0.315 e. The SMILES string of the molecule is O=C(NCc1ccnc(O)c1)N[C@@H]1C[C@H]1c1ccccc1. The summed E-state index contributed by atoms with van der Waals surface area (Å²) in [7, 11) is 0. The Morgan fingerprint density at radius 2 is 2.10 bits per heavy atom. The van der Waals surface area contributed by atoms with Gasteiger partial charge in [0.15, 0.2) is 0 Å². The van der Waals surface area contributed by atoms with Gasteiger partial charge in [-0.25, -0.2) is 9.78 Å². The molecule has 1 fully saturated rings. The number of nitrogens with one attached hydrogen (secondary N) is 2. The molecule has 1 aliphatic rings. The monoisotopic (exact) mass is 283 g/mol. The number of hydrogen-bond acceptors (Lipinski definition) is 3. The number of carbonyl (C=O) groups is 1. The number of benzene rings is 1. The fourth-order valence-electron chi connectivity index (χ4n) is 2.40. The van der Waals surface area contributed by atoms with Gasteiger partial charge in [-0.3, -0.25) is 0 Å². The van der Waals surface area contributed by atoms with Crippen molar-refractivity contribution in [2.24, 2.45) is 0 Å². The highest BCUT2D eigenvalue weighted by atomic mass is 16.3. The molecule has 21 heavy (non-hydrogen) atoms. The second-order valence-corrected chi connectivity index (χ2v) is 5.21. The molecule has 2 amide bonds. The van der Waals surface area contributed by atoms with Crippen LogP contribution >= 0.6 is 0 Å². The molecule has 0 aliphatic heterocycles. The first-order valence-corrected chi connectivity index (χ1v) is 6.95. The van der Waals surface area contributed by atoms with E-state index in [4.69, 9.17) is 0 Å². The number of nitrogens with zero attached hydrogens (tertiary/aromatic N) is 1. The molecule has 0 unspecified atom stereocenters. The van der Waals surface area contributed by atoms with E-state index in [-0.39, 0.29) is 18.0 Å². The van der Waals surface area contributed by atoms with Crippen LogP contribution in [0, 0.1) is 0 Å². The molecule has 2 aromatic rings. The van der Waals surface area contributed by atoms with E-state index in [2.05, 4.69) is 27.8 Å². The van der Waals surface area contributed by atoms with Crippen molar-refractivity contribution in [3.05, 3.63) is 59.8 Å². The van der Waals surface area contributed by atoms with Crippen molar-refractivity contribution in [1.29, 1.82) is 0 Å². The summed E-state index contributed by atoms with van der Waals surface area (Å²) < 4.78 is 0. The summed E-state index contributed by atoms with van der Waals surface area (Å²) in [6.07, 6.45) is 2.49. The van der Waals surface area contributed by atoms with Crippen molar-refractivity contribution in [3.8, 4) is 5.88 Å². The number of urea groups is 1. The van der Waals surface area contributed by atoms with Crippen LogP contribution in [0.2, 0.25) is 0 Å². The molecule has 5 heteroatoms. The van der Waals surface area contributed by atoms with Gasteiger partial charge in [-0.15, -0.1) is 0 Å². The highest BCUT2D eigenvalue weighted by Gasteiger charge is 2.39. The predicted molar refractivity (Wildman–Crippen MR) is 78.9 cm³/mol. The van der Waals surface area contributed by atoms with Crippen LogP contribution in [0.15, 0.2) is 48.7 Å². The smallest absolute Gasteiger partial charge is 0.315 e. The molecule has 108 valence electrons. The summed E-state index contributed by atoms with van der Waals surface area (Å²) in [5, 5.41) is 15.0. The Balaban J connectivity index is 1.46. The molecule has 2 atom stereocenters. The van der Waals surface area contributed by atoms with E-state index >= 15 is 0 Å². The minimum Gasteiger partial charge on any atom is -0.493 e. The third-order valence-electron chi connectivity index (χ3n) is 3.60. The standard InChI is InChI=1S/C16H17N3O2/c20-15-8-11(6-7-17-15)10-18-16(21)19-14-9-13(14)12-4-2-1-3-5-12/h1-8,13-14H,9-10H2,(H,17,20)(H2,18,19,21)/t13-,14+/m0/s1. The fourth-order valence-corrected chi connectivity index (χ4v) is 2.40. The van der Waals surface area contributed by atoms with Gasteiger partial charge in [0, 0.05) is 30.8 Å². The number of hydrogen-bond donors (Lipinski definition) is 3. The summed E-state index contributed by atoms with van der Waals surface area (Å²) >= 11 is 0. The van der Waals surface area contributed by atoms with Gasteiger partial charge >= 0.3 is 6.03 Å². The molecule has 1 aromatic carbocycles. The zero-order valence-corrected chi connectivity index (χ0v) is 11.5. The molecule has 1 aromatic heterocycles. The first-order valence-electron chi connectivity index (χ1n) is 6.95. The third-order valence-corrected chi connectivity index (χ3v) is 3.60. The highest BCUT2D eigenvalue weighted by molar-refractivity contribution is 5.74. The maximum atomic E-state index is 11.8. The number of pyridine rings is 1. The van der Waals surface area contributed by atoms with Gasteiger partial charge in [0.2, 0.25) is 5.88 Å². The molecule has 5 nitrogen and oxygen atoms in total. The van der Waals surface area contributed by atoms with Gasteiger partial charge in [-0.2, -0.15) is 0 Å². The van der Waals surface area contributed by atoms with Crippen LogP contribution in [-0.4, -0.2) is 22.2 Å². The Morgan fingerprint density at radius 3 is 2.86 bits per heavy atom. The van der Waals surface area contributed by atoms with Crippen molar-refractivity contribution in [3.63, 3.8) is 0 Å². The van der Waals surface area contributed by atoms with Crippen molar-refractivity contribution in [2.75, 3.05) is 0 Å². The molecular weight excluding hydrogens is 266 g/mol. The van der Waals surface area contributed by atoms with Gasteiger partial charge in [0.05, 0.1) is 0 Å². The summed E-state index contributed by atoms with van der Waals surface area (Å²) in [6, 6.07) is 13.5. The van der Waals surface area contributed by atoms with E-state index in [1.807, 2.05) is 18.2 Å². The summed E-state index contributed by atoms with van der Waals surface area (Å²) in [6.45, 7) is 0.366. The molecule has 0 bridgehead atoms. The molecule has 1 heterocycles. The molecule has 0 saturated heterocycles. The quantitative estimate of drug-likeness (QED) is 0.805. The average molecular weight is 283 g/mol. The Hall–Kier alpha value is -2.56. The van der Waals surface area contributed by atoms with Crippen molar-refractivity contribution >= 4 is 6.03 Å². The Kier molecular flexibility index (Phi) is 3.73. The zero-order valence-electron chi connectivity index (χ0n) is 11.5. The Labute approximate surface area is 123 Å². The van der Waals surface area contributed by atoms with Crippen LogP contribution in [0.5, 0.6) is 5.88 Å². The number of aromatic hydroxyl groups is 1. The molecule has 1 aliphatic carbocycles. The lowest BCUT2D eigenvalue weighted by Crippen LogP contribution is -2.36. The van der Waals surface area contributed by atoms with Crippen LogP contribution in [0.1, 0.15) is 23.5 Å². The molecule has 3 rings (SSSR count). The predicted octanol–water partition coefficient (Wildman–Crippen LogP) is 2.14. The van der Waals surface area contributed by atoms with Crippen LogP contribution in [-0.2, 0) is 6.54 Å². The van der Waals surface area contributed by atoms with Crippen LogP contribution in [0.4, 0.5) is 4.79 Å². The van der Waals surface area contributed by atoms with E-state index in [1.165, 1.54) is 17.8 Å². The summed E-state index contributed by atoms with van der Waals surface area (Å²) in [5.74, 6) is 0.378. The molecule has 0 radical (unpaired) electrons. The number of rotatable bonds is 4. The Morgan fingerprint density at radius 1 is 1.29 bits per heavy atom. The van der Waals surface area contributed by atoms with Crippen molar-refractivity contribution < 1.29 is 9.90 Å². The van der Waals surface area contributed by atoms with E-state index in [1.54, 1.807) is 6.07 Å². The minimum atomic E-state index is -0.185. The molecule has 0 spiro atoms. The van der Waals surface area contributed by atoms with Crippen LogP contribution in [0.3, 0.4) is 0 Å². The lowest BCUT2D eigenvalue weighted by molar-refractivity contribution is 0.240. The normalized spacial score (nSPS) is 19.8. The lowest BCUT2D eigenvalue weighted by Gasteiger charge is -2.07. The third kappa shape index (κ3) is 3.51. The number of amides is 2. The van der Waals surface area contributed by atoms with Gasteiger partial charge in [0.1, 0.15) is 0 Å². The van der Waals surface area contributed by atoms with Crippen molar-refractivity contribution in [1.82, 2.24) is 15.6 Å². The van der Waals surface area contributed by atoms with E-state index < -0.39 is 0 Å². The van der Waals surface area contributed by atoms with Gasteiger partial charge in [0.25, 0.3) is 0 Å². The maximum absolute atomic E-state index is 11.8. The van der Waals surface area contributed by atoms with E-state index in [9.17, 15) is 9.90 Å². The van der Waals surface area contributed by atoms with E-state index in [0.29, 0.717) is 12.5 Å². The fraction of sp³-hybridized carbons (Fsp3) is 0.250. The average Bonchev–Trinajstić information content (AvgIpc) is 3.25. The van der Waals surface area contributed by atoms with Crippen molar-refractivity contribution in [2.45, 2.75) is 24.9 Å². The first-order chi connectivity index (χ1) is 10.2. The van der Waals surface area contributed by atoms with E-state index in [0.717, 1.165) is 12.0 Å². The lowest BCUT2D eigenvalue weighted by atomic mass is 10.1. The topological polar surface area (TPSA) is 74.2 Å². The number of aromatic nitrogens is 1. The highest BCUT2D eigenvalue weighted by Crippen LogP contribution is 2.40. The van der Waals surface area contributed by atoms with Gasteiger partial charge in [-0.1, -0.05) is 30.3 Å². The van der Waals surface area contributed by atoms with Crippen LogP contribution in [0.25, 0.3) is 0 Å². The van der Waals surface area contributed by atoms with Gasteiger partial charge < -0.3 is 15.7 Å². The largest absolute Gasteiger partial charge is 0.493 e. The second kappa shape index (κ2) is 5.83. The zero-order chi connectivity index (χ0) is 14.7. The number of carbonyl (C=O) groups excluding carboxylic acids is 1. The minimum absolute atomic E-state index is 0.0407. The summed E-state index contributed by atoms with van der Waals surface area (Å²) in [5.41, 5.74) is 2.08. The molecule has 1 saturated carbocycles. The molecular formula is C16H17N3O2. The van der Waals surface area contributed by atoms with Crippen LogP contribution < -0.4 is 10.6 Å². The Bertz CT molecular complexity index is 630. The second-order valence-electron chi connectivity index (χ2n) is 5.21. The first kappa shape index (κ1) is 13.4.